The largest absolute Gasteiger partial charge is 0.370 e. The number of nitrogens with one attached hydrogen (secondary N) is 1. The van der Waals surface area contributed by atoms with Crippen molar-refractivity contribution in [1.29, 1.82) is 0 Å². The average molecular weight is 248 g/mol. The van der Waals surface area contributed by atoms with Crippen LogP contribution < -0.4 is 10.2 Å². The minimum Gasteiger partial charge on any atom is -0.370 e. The average Bonchev–Trinajstić information content (AvgIpc) is 2.69. The summed E-state index contributed by atoms with van der Waals surface area (Å²) in [5.41, 5.74) is 1.25. The summed E-state index contributed by atoms with van der Waals surface area (Å²) in [7, 11) is 0. The summed E-state index contributed by atoms with van der Waals surface area (Å²) in [4.78, 5) is 11.3. The molecule has 18 heavy (non-hydrogen) atoms. The number of hydrogen-bond donors (Lipinski definition) is 1. The van der Waals surface area contributed by atoms with Crippen molar-refractivity contribution in [2.45, 2.75) is 34.1 Å². The van der Waals surface area contributed by atoms with Gasteiger partial charge in [-0.25, -0.2) is 9.97 Å². The van der Waals surface area contributed by atoms with Crippen molar-refractivity contribution in [3.63, 3.8) is 0 Å². The molecule has 100 valence electrons. The Balaban J connectivity index is 2.30. The third-order valence-electron chi connectivity index (χ3n) is 3.91. The standard InChI is InChI=1S/C14H24N4/c1-5-12-13(15-6-2)16-9-17-14(12)18-7-10(3)11(4)8-18/h9-11H,5-8H2,1-4H3,(H,15,16,17). The fraction of sp³-hybridized carbons (Fsp3) is 0.714. The second kappa shape index (κ2) is 5.55. The van der Waals surface area contributed by atoms with Crippen LogP contribution in [0.4, 0.5) is 11.6 Å². The van der Waals surface area contributed by atoms with Gasteiger partial charge < -0.3 is 10.2 Å². The molecule has 1 aliphatic rings. The smallest absolute Gasteiger partial charge is 0.137 e. The molecule has 4 nitrogen and oxygen atoms in total. The number of rotatable bonds is 4. The normalized spacial score (nSPS) is 23.4. The lowest BCUT2D eigenvalue weighted by Crippen LogP contribution is -2.23. The molecule has 1 aromatic heterocycles. The Morgan fingerprint density at radius 1 is 1.22 bits per heavy atom. The third-order valence-corrected chi connectivity index (χ3v) is 3.91. The Kier molecular flexibility index (Phi) is 4.04. The van der Waals surface area contributed by atoms with E-state index >= 15 is 0 Å². The van der Waals surface area contributed by atoms with Gasteiger partial charge in [0.05, 0.1) is 0 Å². The molecule has 2 heterocycles. The van der Waals surface area contributed by atoms with E-state index in [1.165, 1.54) is 5.56 Å². The molecule has 4 heteroatoms. The number of anilines is 2. The quantitative estimate of drug-likeness (QED) is 0.889. The summed E-state index contributed by atoms with van der Waals surface area (Å²) < 4.78 is 0. The Labute approximate surface area is 110 Å². The van der Waals surface area contributed by atoms with Gasteiger partial charge in [0.2, 0.25) is 0 Å². The van der Waals surface area contributed by atoms with Crippen LogP contribution in [0, 0.1) is 11.8 Å². The molecule has 0 aliphatic carbocycles. The molecule has 2 unspecified atom stereocenters. The van der Waals surface area contributed by atoms with Crippen molar-refractivity contribution < 1.29 is 0 Å². The van der Waals surface area contributed by atoms with Crippen molar-refractivity contribution in [1.82, 2.24) is 9.97 Å². The molecule has 2 atom stereocenters. The lowest BCUT2D eigenvalue weighted by molar-refractivity contribution is 0.494. The molecule has 1 saturated heterocycles. The first-order valence-corrected chi connectivity index (χ1v) is 7.00. The second-order valence-corrected chi connectivity index (χ2v) is 5.27. The third kappa shape index (κ3) is 2.42. The van der Waals surface area contributed by atoms with Crippen molar-refractivity contribution in [2.24, 2.45) is 11.8 Å². The Bertz CT molecular complexity index is 395. The summed E-state index contributed by atoms with van der Waals surface area (Å²) in [6, 6.07) is 0. The molecule has 1 aliphatic heterocycles. The van der Waals surface area contributed by atoms with E-state index in [-0.39, 0.29) is 0 Å². The number of nitrogens with zero attached hydrogens (tertiary/aromatic N) is 3. The first kappa shape index (κ1) is 13.1. The van der Waals surface area contributed by atoms with E-state index in [0.717, 1.165) is 49.5 Å². The molecule has 0 radical (unpaired) electrons. The zero-order valence-electron chi connectivity index (χ0n) is 11.9. The Hall–Kier alpha value is -1.32. The summed E-state index contributed by atoms with van der Waals surface area (Å²) in [6.45, 7) is 12.0. The predicted octanol–water partition coefficient (Wildman–Crippen LogP) is 2.56. The van der Waals surface area contributed by atoms with Crippen LogP contribution in [0.2, 0.25) is 0 Å². The summed E-state index contributed by atoms with van der Waals surface area (Å²) in [5, 5.41) is 3.34. The van der Waals surface area contributed by atoms with Crippen molar-refractivity contribution in [2.75, 3.05) is 29.9 Å². The highest BCUT2D eigenvalue weighted by atomic mass is 15.2. The zero-order valence-corrected chi connectivity index (χ0v) is 11.9. The van der Waals surface area contributed by atoms with Crippen molar-refractivity contribution in [3.05, 3.63) is 11.9 Å². The Morgan fingerprint density at radius 2 is 1.89 bits per heavy atom. The van der Waals surface area contributed by atoms with Gasteiger partial charge in [0.15, 0.2) is 0 Å². The highest BCUT2D eigenvalue weighted by Crippen LogP contribution is 2.31. The van der Waals surface area contributed by atoms with Gasteiger partial charge in [-0.3, -0.25) is 0 Å². The Morgan fingerprint density at radius 3 is 2.44 bits per heavy atom. The lowest BCUT2D eigenvalue weighted by atomic mass is 10.0. The fourth-order valence-corrected chi connectivity index (χ4v) is 2.62. The van der Waals surface area contributed by atoms with Gasteiger partial charge in [-0.05, 0) is 25.2 Å². The van der Waals surface area contributed by atoms with Crippen LogP contribution in [0.15, 0.2) is 6.33 Å². The molecule has 0 amide bonds. The molecule has 1 N–H and O–H groups in total. The molecular formula is C14H24N4. The lowest BCUT2D eigenvalue weighted by Gasteiger charge is -2.21. The van der Waals surface area contributed by atoms with Crippen LogP contribution >= 0.6 is 0 Å². The van der Waals surface area contributed by atoms with Gasteiger partial charge in [-0.2, -0.15) is 0 Å². The van der Waals surface area contributed by atoms with E-state index in [1.807, 2.05) is 0 Å². The maximum Gasteiger partial charge on any atom is 0.137 e. The fourth-order valence-electron chi connectivity index (χ4n) is 2.62. The maximum absolute atomic E-state index is 4.52. The summed E-state index contributed by atoms with van der Waals surface area (Å²) in [6.07, 6.45) is 2.65. The van der Waals surface area contributed by atoms with Crippen LogP contribution in [0.5, 0.6) is 0 Å². The van der Waals surface area contributed by atoms with Gasteiger partial charge in [-0.15, -0.1) is 0 Å². The van der Waals surface area contributed by atoms with Crippen LogP contribution in [-0.4, -0.2) is 29.6 Å². The molecule has 1 aromatic rings. The van der Waals surface area contributed by atoms with Gasteiger partial charge in [0, 0.05) is 25.2 Å². The van der Waals surface area contributed by atoms with E-state index in [9.17, 15) is 0 Å². The van der Waals surface area contributed by atoms with E-state index in [2.05, 4.69) is 47.9 Å². The van der Waals surface area contributed by atoms with Gasteiger partial charge >= 0.3 is 0 Å². The molecule has 0 saturated carbocycles. The van der Waals surface area contributed by atoms with Crippen LogP contribution in [-0.2, 0) is 6.42 Å². The van der Waals surface area contributed by atoms with Crippen LogP contribution in [0.1, 0.15) is 33.3 Å². The predicted molar refractivity (Wildman–Crippen MR) is 76.1 cm³/mol. The first-order chi connectivity index (χ1) is 8.67. The minimum absolute atomic E-state index is 0.743. The number of hydrogen-bond acceptors (Lipinski definition) is 4. The second-order valence-electron chi connectivity index (χ2n) is 5.27. The summed E-state index contributed by atoms with van der Waals surface area (Å²) in [5.74, 6) is 3.61. The SMILES string of the molecule is CCNc1ncnc(N2CC(C)C(C)C2)c1CC. The molecule has 1 fully saturated rings. The highest BCUT2D eigenvalue weighted by Gasteiger charge is 2.28. The topological polar surface area (TPSA) is 41.1 Å². The van der Waals surface area contributed by atoms with E-state index in [4.69, 9.17) is 0 Å². The van der Waals surface area contributed by atoms with Crippen LogP contribution in [0.3, 0.4) is 0 Å². The van der Waals surface area contributed by atoms with Gasteiger partial charge in [-0.1, -0.05) is 20.8 Å². The van der Waals surface area contributed by atoms with Crippen molar-refractivity contribution >= 4 is 11.6 Å². The summed E-state index contributed by atoms with van der Waals surface area (Å²) >= 11 is 0. The zero-order chi connectivity index (χ0) is 13.1. The first-order valence-electron chi connectivity index (χ1n) is 7.00. The van der Waals surface area contributed by atoms with Gasteiger partial charge in [0.25, 0.3) is 0 Å². The van der Waals surface area contributed by atoms with E-state index in [0.29, 0.717) is 0 Å². The molecule has 0 spiro atoms. The van der Waals surface area contributed by atoms with E-state index in [1.54, 1.807) is 6.33 Å². The van der Waals surface area contributed by atoms with E-state index < -0.39 is 0 Å². The van der Waals surface area contributed by atoms with Gasteiger partial charge in [0.1, 0.15) is 18.0 Å². The molecule has 0 bridgehead atoms. The molecule has 2 rings (SSSR count). The minimum atomic E-state index is 0.743. The molecular weight excluding hydrogens is 224 g/mol. The monoisotopic (exact) mass is 248 g/mol. The highest BCUT2D eigenvalue weighted by molar-refractivity contribution is 5.59. The van der Waals surface area contributed by atoms with Crippen LogP contribution in [0.25, 0.3) is 0 Å². The van der Waals surface area contributed by atoms with Crippen molar-refractivity contribution in [3.8, 4) is 0 Å². The maximum atomic E-state index is 4.52. The number of aromatic nitrogens is 2. The molecule has 0 aromatic carbocycles.